The highest BCUT2D eigenvalue weighted by molar-refractivity contribution is 9.10. The number of amides is 2. The van der Waals surface area contributed by atoms with Gasteiger partial charge >= 0.3 is 0 Å². The zero-order valence-electron chi connectivity index (χ0n) is 13.8. The summed E-state index contributed by atoms with van der Waals surface area (Å²) in [5.74, 6) is 0.478. The van der Waals surface area contributed by atoms with E-state index in [2.05, 4.69) is 15.9 Å². The molecule has 0 radical (unpaired) electrons. The largest absolute Gasteiger partial charge is 0.496 e. The van der Waals surface area contributed by atoms with Crippen LogP contribution in [-0.4, -0.2) is 23.2 Å². The lowest BCUT2D eigenvalue weighted by Crippen LogP contribution is -2.27. The van der Waals surface area contributed by atoms with Gasteiger partial charge in [0.25, 0.3) is 11.1 Å². The molecule has 2 aromatic carbocycles. The van der Waals surface area contributed by atoms with E-state index in [0.29, 0.717) is 4.91 Å². The number of nitrogens with zero attached hydrogens (tertiary/aromatic N) is 1. The van der Waals surface area contributed by atoms with Crippen LogP contribution >= 0.6 is 27.7 Å². The van der Waals surface area contributed by atoms with Crippen molar-refractivity contribution in [1.82, 2.24) is 4.90 Å². The van der Waals surface area contributed by atoms with Gasteiger partial charge in [0.1, 0.15) is 5.75 Å². The molecule has 1 aliphatic rings. The summed E-state index contributed by atoms with van der Waals surface area (Å²) in [7, 11) is 1.61. The van der Waals surface area contributed by atoms with Crippen LogP contribution in [-0.2, 0) is 11.3 Å². The van der Waals surface area contributed by atoms with Crippen LogP contribution in [0.2, 0.25) is 0 Å². The molecule has 4 nitrogen and oxygen atoms in total. The standard InChI is InChI=1S/C19H16BrNO3S/c1-12-7-8-13(9-16(12)24-2)10-17-18(22)21(19(23)25-17)11-14-5-3-4-6-15(14)20/h3-10H,11H2,1-2H3/b17-10+. The molecule has 0 unspecified atom stereocenters. The second kappa shape index (κ2) is 7.45. The summed E-state index contributed by atoms with van der Waals surface area (Å²) in [4.78, 5) is 26.6. The normalized spacial score (nSPS) is 16.0. The molecule has 128 valence electrons. The molecule has 2 amide bonds. The maximum atomic E-state index is 12.6. The van der Waals surface area contributed by atoms with Gasteiger partial charge in [-0.2, -0.15) is 0 Å². The molecule has 2 aromatic rings. The number of aryl methyl sites for hydroxylation is 1. The van der Waals surface area contributed by atoms with Crippen LogP contribution in [0.15, 0.2) is 51.8 Å². The predicted octanol–water partition coefficient (Wildman–Crippen LogP) is 5.00. The highest BCUT2D eigenvalue weighted by Gasteiger charge is 2.35. The van der Waals surface area contributed by atoms with Crippen LogP contribution < -0.4 is 4.74 Å². The minimum Gasteiger partial charge on any atom is -0.496 e. The maximum absolute atomic E-state index is 12.6. The summed E-state index contributed by atoms with van der Waals surface area (Å²) in [6, 6.07) is 13.2. The minimum absolute atomic E-state index is 0.251. The molecule has 0 saturated carbocycles. The second-order valence-corrected chi connectivity index (χ2v) is 7.44. The molecule has 0 aromatic heterocycles. The van der Waals surface area contributed by atoms with Gasteiger partial charge in [-0.1, -0.05) is 46.3 Å². The smallest absolute Gasteiger partial charge is 0.293 e. The topological polar surface area (TPSA) is 46.6 Å². The molecule has 0 aliphatic carbocycles. The highest BCUT2D eigenvalue weighted by Crippen LogP contribution is 2.34. The molecule has 0 atom stereocenters. The lowest BCUT2D eigenvalue weighted by Gasteiger charge is -2.13. The Morgan fingerprint density at radius 1 is 1.20 bits per heavy atom. The molecule has 0 N–H and O–H groups in total. The Labute approximate surface area is 159 Å². The Hall–Kier alpha value is -2.05. The molecule has 0 bridgehead atoms. The van der Waals surface area contributed by atoms with E-state index in [4.69, 9.17) is 4.74 Å². The van der Waals surface area contributed by atoms with Crippen molar-refractivity contribution >= 4 is 44.9 Å². The maximum Gasteiger partial charge on any atom is 0.293 e. The summed E-state index contributed by atoms with van der Waals surface area (Å²) < 4.78 is 6.18. The van der Waals surface area contributed by atoms with E-state index in [9.17, 15) is 9.59 Å². The Morgan fingerprint density at radius 2 is 1.96 bits per heavy atom. The number of hydrogen-bond acceptors (Lipinski definition) is 4. The fourth-order valence-corrected chi connectivity index (χ4v) is 3.76. The average molecular weight is 418 g/mol. The Balaban J connectivity index is 1.85. The van der Waals surface area contributed by atoms with Gasteiger partial charge in [-0.25, -0.2) is 0 Å². The van der Waals surface area contributed by atoms with Crippen molar-refractivity contribution < 1.29 is 14.3 Å². The van der Waals surface area contributed by atoms with Gasteiger partial charge in [-0.05, 0) is 53.6 Å². The van der Waals surface area contributed by atoms with Crippen LogP contribution in [0.5, 0.6) is 5.75 Å². The summed E-state index contributed by atoms with van der Waals surface area (Å²) in [6.07, 6.45) is 1.73. The van der Waals surface area contributed by atoms with E-state index in [1.165, 1.54) is 4.90 Å². The number of halogens is 1. The van der Waals surface area contributed by atoms with Gasteiger partial charge in [0, 0.05) is 4.47 Å². The number of methoxy groups -OCH3 is 1. The number of carbonyl (C=O) groups is 2. The van der Waals surface area contributed by atoms with Gasteiger partial charge in [0.05, 0.1) is 18.6 Å². The lowest BCUT2D eigenvalue weighted by atomic mass is 10.1. The van der Waals surface area contributed by atoms with E-state index >= 15 is 0 Å². The summed E-state index contributed by atoms with van der Waals surface area (Å²) in [5, 5.41) is -0.258. The first-order valence-electron chi connectivity index (χ1n) is 7.63. The van der Waals surface area contributed by atoms with Crippen LogP contribution in [0, 0.1) is 6.92 Å². The first kappa shape index (κ1) is 17.8. The fraction of sp³-hybridized carbons (Fsp3) is 0.158. The predicted molar refractivity (Wildman–Crippen MR) is 103 cm³/mol. The highest BCUT2D eigenvalue weighted by atomic mass is 79.9. The van der Waals surface area contributed by atoms with Crippen molar-refractivity contribution in [3.8, 4) is 5.75 Å². The first-order valence-corrected chi connectivity index (χ1v) is 9.24. The van der Waals surface area contributed by atoms with Crippen molar-refractivity contribution in [2.45, 2.75) is 13.5 Å². The molecule has 3 rings (SSSR count). The number of thioether (sulfide) groups is 1. The van der Waals surface area contributed by atoms with Crippen LogP contribution in [0.4, 0.5) is 4.79 Å². The molecule has 1 aliphatic heterocycles. The molecule has 1 heterocycles. The van der Waals surface area contributed by atoms with Gasteiger partial charge in [0.2, 0.25) is 0 Å². The number of carbonyl (C=O) groups excluding carboxylic acids is 2. The van der Waals surface area contributed by atoms with E-state index in [1.807, 2.05) is 49.4 Å². The van der Waals surface area contributed by atoms with E-state index in [1.54, 1.807) is 13.2 Å². The van der Waals surface area contributed by atoms with Crippen LogP contribution in [0.3, 0.4) is 0 Å². The third-order valence-corrected chi connectivity index (χ3v) is 5.57. The molecular weight excluding hydrogens is 402 g/mol. The Kier molecular flexibility index (Phi) is 5.30. The monoisotopic (exact) mass is 417 g/mol. The third-order valence-electron chi connectivity index (χ3n) is 3.89. The number of ether oxygens (including phenoxy) is 1. The quantitative estimate of drug-likeness (QED) is 0.656. The van der Waals surface area contributed by atoms with Gasteiger partial charge in [-0.3, -0.25) is 14.5 Å². The molecule has 0 spiro atoms. The van der Waals surface area contributed by atoms with Gasteiger partial charge < -0.3 is 4.74 Å². The van der Waals surface area contributed by atoms with Crippen molar-refractivity contribution in [3.63, 3.8) is 0 Å². The zero-order chi connectivity index (χ0) is 18.0. The Morgan fingerprint density at radius 3 is 2.68 bits per heavy atom. The first-order chi connectivity index (χ1) is 12.0. The molecule has 1 saturated heterocycles. The van der Waals surface area contributed by atoms with Crippen molar-refractivity contribution in [2.24, 2.45) is 0 Å². The molecule has 6 heteroatoms. The van der Waals surface area contributed by atoms with E-state index < -0.39 is 0 Å². The summed E-state index contributed by atoms with van der Waals surface area (Å²) in [5.41, 5.74) is 2.73. The van der Waals surface area contributed by atoms with E-state index in [-0.39, 0.29) is 17.7 Å². The van der Waals surface area contributed by atoms with Gasteiger partial charge in [-0.15, -0.1) is 0 Å². The van der Waals surface area contributed by atoms with Crippen molar-refractivity contribution in [1.29, 1.82) is 0 Å². The van der Waals surface area contributed by atoms with Crippen molar-refractivity contribution in [2.75, 3.05) is 7.11 Å². The average Bonchev–Trinajstić information content (AvgIpc) is 2.86. The van der Waals surface area contributed by atoms with Crippen LogP contribution in [0.1, 0.15) is 16.7 Å². The van der Waals surface area contributed by atoms with Gasteiger partial charge in [0.15, 0.2) is 0 Å². The SMILES string of the molecule is COc1cc(/C=C2/SC(=O)N(Cc3ccccc3Br)C2=O)ccc1C. The number of rotatable bonds is 4. The minimum atomic E-state index is -0.273. The Bertz CT molecular complexity index is 879. The summed E-state index contributed by atoms with van der Waals surface area (Å²) in [6.45, 7) is 2.20. The summed E-state index contributed by atoms with van der Waals surface area (Å²) >= 11 is 4.41. The fourth-order valence-electron chi connectivity index (χ4n) is 2.51. The molecule has 25 heavy (non-hydrogen) atoms. The number of benzene rings is 2. The third kappa shape index (κ3) is 3.80. The molecular formula is C19H16BrNO3S. The van der Waals surface area contributed by atoms with Crippen LogP contribution in [0.25, 0.3) is 6.08 Å². The van der Waals surface area contributed by atoms with Crippen molar-refractivity contribution in [3.05, 3.63) is 68.5 Å². The second-order valence-electron chi connectivity index (χ2n) is 5.59. The molecule has 1 fully saturated rings. The number of imide groups is 1. The number of hydrogen-bond donors (Lipinski definition) is 0. The lowest BCUT2D eigenvalue weighted by molar-refractivity contribution is -0.123. The van der Waals surface area contributed by atoms with E-state index in [0.717, 1.165) is 38.7 Å². The zero-order valence-corrected chi connectivity index (χ0v) is 16.2.